The van der Waals surface area contributed by atoms with Crippen molar-refractivity contribution in [3.63, 3.8) is 0 Å². The fourth-order valence-electron chi connectivity index (χ4n) is 3.18. The van der Waals surface area contributed by atoms with Gasteiger partial charge in [0.25, 0.3) is 0 Å². The summed E-state index contributed by atoms with van der Waals surface area (Å²) in [5, 5.41) is 4.43. The van der Waals surface area contributed by atoms with Gasteiger partial charge in [0.2, 0.25) is 0 Å². The number of nitrogens with two attached hydrogens (primary N) is 1. The number of nitrogens with zero attached hydrogens (tertiary/aromatic N) is 1. The molecule has 0 bridgehead atoms. The molecule has 25 heavy (non-hydrogen) atoms. The third-order valence-electron chi connectivity index (χ3n) is 4.41. The number of allylic oxidation sites excluding steroid dienone is 2. The van der Waals surface area contributed by atoms with Gasteiger partial charge in [0.15, 0.2) is 5.11 Å². The maximum absolute atomic E-state index is 6.21. The molecule has 1 aliphatic carbocycles. The van der Waals surface area contributed by atoms with Crippen molar-refractivity contribution in [2.75, 3.05) is 5.75 Å². The van der Waals surface area contributed by atoms with Gasteiger partial charge in [-0.3, -0.25) is 0 Å². The summed E-state index contributed by atoms with van der Waals surface area (Å²) >= 11 is 17.4. The maximum atomic E-state index is 6.21. The van der Waals surface area contributed by atoms with Gasteiger partial charge in [-0.05, 0) is 61.9 Å². The monoisotopic (exact) mass is 413 g/mol. The van der Waals surface area contributed by atoms with Crippen LogP contribution in [0.5, 0.6) is 0 Å². The molecule has 1 heterocycles. The highest BCUT2D eigenvalue weighted by atomic mass is 35.5. The van der Waals surface area contributed by atoms with E-state index in [1.54, 1.807) is 6.07 Å². The number of nitrogens with one attached hydrogen (secondary N) is 1. The van der Waals surface area contributed by atoms with E-state index in [0.29, 0.717) is 15.2 Å². The van der Waals surface area contributed by atoms with Gasteiger partial charge < -0.3 is 10.5 Å². The highest BCUT2D eigenvalue weighted by Gasteiger charge is 2.32. The summed E-state index contributed by atoms with van der Waals surface area (Å²) in [7, 11) is -1.57. The Morgan fingerprint density at radius 2 is 2.12 bits per heavy atom. The molecular weight excluding hydrogens is 393 g/mol. The second-order valence-corrected chi connectivity index (χ2v) is 10.3. The molecule has 0 radical (unpaired) electrons. The van der Waals surface area contributed by atoms with Crippen LogP contribution >= 0.6 is 45.6 Å². The number of rotatable bonds is 5. The van der Waals surface area contributed by atoms with Crippen LogP contribution in [0.3, 0.4) is 0 Å². The minimum Gasteiger partial charge on any atom is -0.376 e. The molecule has 0 fully saturated rings. The van der Waals surface area contributed by atoms with Crippen LogP contribution in [0.1, 0.15) is 37.7 Å². The third-order valence-corrected chi connectivity index (χ3v) is 8.43. The van der Waals surface area contributed by atoms with E-state index in [-0.39, 0.29) is 0 Å². The summed E-state index contributed by atoms with van der Waals surface area (Å²) in [6.45, 7) is 0. The number of thiocarbonyl (C=S) groups is 1. The Hall–Kier alpha value is -1.01. The molecule has 0 saturated carbocycles. The van der Waals surface area contributed by atoms with Gasteiger partial charge in [0.1, 0.15) is 5.04 Å². The van der Waals surface area contributed by atoms with Crippen molar-refractivity contribution in [2.24, 2.45) is 10.7 Å². The van der Waals surface area contributed by atoms with Gasteiger partial charge in [-0.15, -0.1) is 10.2 Å². The fraction of sp³-hybridized carbons (Fsp3) is 0.333. The average molecular weight is 414 g/mol. The van der Waals surface area contributed by atoms with Crippen molar-refractivity contribution >= 4 is 55.8 Å². The maximum Gasteiger partial charge on any atom is 0.173 e. The first kappa shape index (κ1) is 18.8. The summed E-state index contributed by atoms with van der Waals surface area (Å²) < 4.78 is 3.35. The standard InChI is InChI=1S/C18H21Cl2N3S2/c19-15-7-6-14(12-16(15)20)17-22-9-11-25(17,23-18(21)24)10-8-13-4-2-1-3-5-13/h4,6-7,9,11-12H,1-3,5,8,10H2,(H3,21,23,24). The predicted octanol–water partition coefficient (Wildman–Crippen LogP) is 5.67. The highest BCUT2D eigenvalue weighted by molar-refractivity contribution is 8.47. The molecule has 134 valence electrons. The molecule has 3 rings (SSSR count). The SMILES string of the molecule is NC(=S)NS1(CCC2=CCCCC2)C=CN=C1c1ccc(Cl)c(Cl)c1. The number of hydrogen-bond acceptors (Lipinski definition) is 2. The van der Waals surface area contributed by atoms with E-state index in [1.807, 2.05) is 18.3 Å². The molecule has 0 aromatic heterocycles. The normalized spacial score (nSPS) is 25.0. The van der Waals surface area contributed by atoms with Gasteiger partial charge in [-0.1, -0.05) is 40.9 Å². The number of benzene rings is 1. The average Bonchev–Trinajstić information content (AvgIpc) is 2.99. The van der Waals surface area contributed by atoms with Crippen LogP contribution in [0, 0.1) is 0 Å². The van der Waals surface area contributed by atoms with E-state index in [2.05, 4.69) is 21.2 Å². The van der Waals surface area contributed by atoms with Crippen LogP contribution in [0.2, 0.25) is 10.0 Å². The van der Waals surface area contributed by atoms with E-state index < -0.39 is 10.2 Å². The Labute approximate surface area is 165 Å². The summed E-state index contributed by atoms with van der Waals surface area (Å²) in [6, 6.07) is 5.61. The van der Waals surface area contributed by atoms with E-state index in [9.17, 15) is 0 Å². The topological polar surface area (TPSA) is 50.4 Å². The van der Waals surface area contributed by atoms with Crippen LogP contribution in [0.25, 0.3) is 0 Å². The summed E-state index contributed by atoms with van der Waals surface area (Å²) in [6.07, 6.45) is 10.2. The van der Waals surface area contributed by atoms with E-state index >= 15 is 0 Å². The largest absolute Gasteiger partial charge is 0.376 e. The Bertz CT molecular complexity index is 774. The third kappa shape index (κ3) is 4.40. The molecular formula is C18H21Cl2N3S2. The molecule has 7 heteroatoms. The van der Waals surface area contributed by atoms with Gasteiger partial charge in [0, 0.05) is 17.5 Å². The van der Waals surface area contributed by atoms with E-state index in [4.69, 9.17) is 41.2 Å². The van der Waals surface area contributed by atoms with Crippen molar-refractivity contribution < 1.29 is 0 Å². The summed E-state index contributed by atoms with van der Waals surface area (Å²) in [5.41, 5.74) is 8.33. The first-order valence-corrected chi connectivity index (χ1v) is 11.3. The molecule has 2 aliphatic rings. The summed E-state index contributed by atoms with van der Waals surface area (Å²) in [5.74, 6) is 0.922. The van der Waals surface area contributed by atoms with Gasteiger partial charge >= 0.3 is 0 Å². The van der Waals surface area contributed by atoms with Crippen molar-refractivity contribution in [3.8, 4) is 0 Å². The zero-order valence-corrected chi connectivity index (χ0v) is 16.9. The summed E-state index contributed by atoms with van der Waals surface area (Å²) in [4.78, 5) is 4.62. The zero-order chi connectivity index (χ0) is 17.9. The van der Waals surface area contributed by atoms with Crippen LogP contribution in [-0.2, 0) is 0 Å². The number of hydrogen-bond donors (Lipinski definition) is 2. The predicted molar refractivity (Wildman–Crippen MR) is 116 cm³/mol. The highest BCUT2D eigenvalue weighted by Crippen LogP contribution is 2.53. The second-order valence-electron chi connectivity index (χ2n) is 6.17. The number of halogens is 2. The lowest BCUT2D eigenvalue weighted by atomic mass is 9.98. The van der Waals surface area contributed by atoms with Crippen molar-refractivity contribution in [1.29, 1.82) is 0 Å². The molecule has 1 aromatic carbocycles. The van der Waals surface area contributed by atoms with Crippen molar-refractivity contribution in [3.05, 3.63) is 57.1 Å². The van der Waals surface area contributed by atoms with Crippen molar-refractivity contribution in [2.45, 2.75) is 32.1 Å². The smallest absolute Gasteiger partial charge is 0.173 e. The number of aliphatic imine (C=N–C) groups is 1. The molecule has 0 amide bonds. The van der Waals surface area contributed by atoms with E-state index in [0.717, 1.165) is 22.8 Å². The Kier molecular flexibility index (Phi) is 6.10. The molecule has 3 nitrogen and oxygen atoms in total. The van der Waals surface area contributed by atoms with Crippen LogP contribution in [0.4, 0.5) is 0 Å². The van der Waals surface area contributed by atoms with Gasteiger partial charge in [-0.2, -0.15) is 0 Å². The van der Waals surface area contributed by atoms with Crippen molar-refractivity contribution in [1.82, 2.24) is 4.72 Å². The lowest BCUT2D eigenvalue weighted by Gasteiger charge is -2.37. The van der Waals surface area contributed by atoms with Crippen LogP contribution < -0.4 is 10.5 Å². The Balaban J connectivity index is 1.88. The van der Waals surface area contributed by atoms with Crippen LogP contribution in [0.15, 0.2) is 46.4 Å². The Morgan fingerprint density at radius 3 is 2.80 bits per heavy atom. The first-order valence-electron chi connectivity index (χ1n) is 8.26. The Morgan fingerprint density at radius 1 is 1.28 bits per heavy atom. The van der Waals surface area contributed by atoms with Gasteiger partial charge in [-0.25, -0.2) is 4.99 Å². The molecule has 0 spiro atoms. The van der Waals surface area contributed by atoms with E-state index in [1.165, 1.54) is 31.3 Å². The zero-order valence-electron chi connectivity index (χ0n) is 13.8. The second kappa shape index (κ2) is 8.12. The molecule has 3 N–H and O–H groups in total. The lowest BCUT2D eigenvalue weighted by molar-refractivity contribution is 0.685. The molecule has 1 atom stereocenters. The van der Waals surface area contributed by atoms with Crippen LogP contribution in [-0.4, -0.2) is 15.9 Å². The fourth-order valence-corrected chi connectivity index (χ4v) is 6.65. The molecule has 1 unspecified atom stereocenters. The lowest BCUT2D eigenvalue weighted by Crippen LogP contribution is -2.36. The van der Waals surface area contributed by atoms with Gasteiger partial charge in [0.05, 0.1) is 10.0 Å². The first-order chi connectivity index (χ1) is 12.0. The quantitative estimate of drug-likeness (QED) is 0.482. The molecule has 0 saturated heterocycles. The molecule has 1 aromatic rings. The minimum absolute atomic E-state index is 0.298. The molecule has 1 aliphatic heterocycles. The minimum atomic E-state index is -1.57.